The van der Waals surface area contributed by atoms with Crippen molar-refractivity contribution in [3.05, 3.63) is 29.8 Å². The predicted octanol–water partition coefficient (Wildman–Crippen LogP) is 3.23. The minimum atomic E-state index is -0.648. The second-order valence-corrected chi connectivity index (χ2v) is 6.33. The van der Waals surface area contributed by atoms with Crippen molar-refractivity contribution in [3.63, 3.8) is 0 Å². The number of nitrogens with one attached hydrogen (secondary N) is 1. The number of ether oxygens (including phenoxy) is 1. The summed E-state index contributed by atoms with van der Waals surface area (Å²) in [5.74, 6) is -1.53. The zero-order chi connectivity index (χ0) is 17.5. The summed E-state index contributed by atoms with van der Waals surface area (Å²) < 4.78 is 4.78. The van der Waals surface area contributed by atoms with Crippen LogP contribution in [0.15, 0.2) is 24.3 Å². The van der Waals surface area contributed by atoms with Crippen molar-refractivity contribution in [1.29, 1.82) is 0 Å². The van der Waals surface area contributed by atoms with Gasteiger partial charge in [0.15, 0.2) is 0 Å². The van der Waals surface area contributed by atoms with Gasteiger partial charge in [-0.2, -0.15) is 0 Å². The maximum atomic E-state index is 12.0. The number of Topliss-reactive ketones (excluding diaryl/α,β-unsaturated/α-hetero) is 1. The van der Waals surface area contributed by atoms with Crippen LogP contribution in [0.3, 0.4) is 0 Å². The molecular weight excluding hydrogens is 294 g/mol. The van der Waals surface area contributed by atoms with Crippen LogP contribution < -0.4 is 5.32 Å². The number of hydrogen-bond donors (Lipinski definition) is 1. The molecule has 126 valence electrons. The smallest absolute Gasteiger partial charge is 0.305 e. The van der Waals surface area contributed by atoms with E-state index in [1.54, 1.807) is 13.0 Å². The third-order valence-electron chi connectivity index (χ3n) is 3.33. The lowest BCUT2D eigenvalue weighted by Gasteiger charge is -2.22. The molecule has 0 radical (unpaired) electrons. The molecule has 5 nitrogen and oxygen atoms in total. The minimum absolute atomic E-state index is 0.0301. The zero-order valence-corrected chi connectivity index (χ0v) is 14.3. The van der Waals surface area contributed by atoms with Gasteiger partial charge in [-0.05, 0) is 30.4 Å². The summed E-state index contributed by atoms with van der Waals surface area (Å²) in [6.45, 7) is 8.16. The highest BCUT2D eigenvalue weighted by molar-refractivity contribution is 6.40. The summed E-state index contributed by atoms with van der Waals surface area (Å²) in [5, 5.41) is 2.68. The van der Waals surface area contributed by atoms with Gasteiger partial charge < -0.3 is 10.1 Å². The van der Waals surface area contributed by atoms with Crippen LogP contribution >= 0.6 is 0 Å². The number of para-hydroxylation sites is 1. The van der Waals surface area contributed by atoms with E-state index < -0.39 is 11.7 Å². The monoisotopic (exact) mass is 319 g/mol. The summed E-state index contributed by atoms with van der Waals surface area (Å²) in [4.78, 5) is 35.1. The molecule has 0 bridgehead atoms. The first kappa shape index (κ1) is 18.9. The fourth-order valence-corrected chi connectivity index (χ4v) is 2.18. The Labute approximate surface area is 137 Å². The molecule has 1 aromatic rings. The predicted molar refractivity (Wildman–Crippen MR) is 89.3 cm³/mol. The normalized spacial score (nSPS) is 11.0. The Morgan fingerprint density at radius 3 is 2.35 bits per heavy atom. The molecule has 0 unspecified atom stereocenters. The van der Waals surface area contributed by atoms with Crippen LogP contribution in [0, 0.1) is 0 Å². The Hall–Kier alpha value is -2.17. The van der Waals surface area contributed by atoms with E-state index in [0.29, 0.717) is 18.7 Å². The third kappa shape index (κ3) is 6.22. The van der Waals surface area contributed by atoms with Gasteiger partial charge in [0.1, 0.15) is 0 Å². The van der Waals surface area contributed by atoms with Crippen molar-refractivity contribution in [2.45, 2.75) is 52.4 Å². The molecule has 1 N–H and O–H groups in total. The van der Waals surface area contributed by atoms with Gasteiger partial charge in [-0.3, -0.25) is 14.4 Å². The van der Waals surface area contributed by atoms with Crippen molar-refractivity contribution < 1.29 is 19.1 Å². The number of hydrogen-bond acceptors (Lipinski definition) is 4. The highest BCUT2D eigenvalue weighted by Crippen LogP contribution is 2.29. The highest BCUT2D eigenvalue weighted by atomic mass is 16.5. The molecule has 1 rings (SSSR count). The van der Waals surface area contributed by atoms with Gasteiger partial charge in [0.25, 0.3) is 5.91 Å². The highest BCUT2D eigenvalue weighted by Gasteiger charge is 2.21. The van der Waals surface area contributed by atoms with Gasteiger partial charge in [-0.25, -0.2) is 0 Å². The molecule has 0 spiro atoms. The molecule has 0 saturated heterocycles. The fourth-order valence-electron chi connectivity index (χ4n) is 2.18. The summed E-state index contributed by atoms with van der Waals surface area (Å²) in [6, 6.07) is 7.43. The number of amides is 1. The van der Waals surface area contributed by atoms with Crippen molar-refractivity contribution >= 4 is 23.3 Å². The Bertz CT molecular complexity index is 573. The molecule has 0 aromatic heterocycles. The number of carbonyl (C=O) groups is 3. The van der Waals surface area contributed by atoms with Gasteiger partial charge >= 0.3 is 5.97 Å². The summed E-state index contributed by atoms with van der Waals surface area (Å²) in [7, 11) is 0. The second kappa shape index (κ2) is 8.46. The van der Waals surface area contributed by atoms with Gasteiger partial charge in [0.2, 0.25) is 5.78 Å². The standard InChI is InChI=1S/C18H25NO4/c1-5-23-16(21)12-8-11-15(20)17(22)19-14-10-7-6-9-13(14)18(2,3)4/h6-7,9-10H,5,8,11-12H2,1-4H3,(H,19,22). The molecular formula is C18H25NO4. The van der Waals surface area contributed by atoms with Crippen molar-refractivity contribution in [3.8, 4) is 0 Å². The quantitative estimate of drug-likeness (QED) is 0.618. The lowest BCUT2D eigenvalue weighted by molar-refractivity contribution is -0.143. The fraction of sp³-hybridized carbons (Fsp3) is 0.500. The van der Waals surface area contributed by atoms with Gasteiger partial charge in [-0.1, -0.05) is 39.0 Å². The van der Waals surface area contributed by atoms with E-state index in [1.807, 2.05) is 39.0 Å². The largest absolute Gasteiger partial charge is 0.466 e. The molecule has 0 aliphatic rings. The van der Waals surface area contributed by atoms with Crippen molar-refractivity contribution in [2.24, 2.45) is 0 Å². The number of anilines is 1. The SMILES string of the molecule is CCOC(=O)CCCC(=O)C(=O)Nc1ccccc1C(C)(C)C. The minimum Gasteiger partial charge on any atom is -0.466 e. The summed E-state index contributed by atoms with van der Waals surface area (Å²) in [5.41, 5.74) is 1.47. The number of rotatable bonds is 7. The Morgan fingerprint density at radius 1 is 1.09 bits per heavy atom. The molecule has 1 amide bonds. The van der Waals surface area contributed by atoms with Crippen LogP contribution in [0.2, 0.25) is 0 Å². The van der Waals surface area contributed by atoms with Crippen LogP contribution in [0.5, 0.6) is 0 Å². The molecule has 5 heteroatoms. The molecule has 0 fully saturated rings. The maximum absolute atomic E-state index is 12.0. The lowest BCUT2D eigenvalue weighted by Crippen LogP contribution is -2.25. The van der Waals surface area contributed by atoms with E-state index in [4.69, 9.17) is 4.74 Å². The number of esters is 1. The molecule has 0 atom stereocenters. The number of ketones is 1. The van der Waals surface area contributed by atoms with E-state index in [2.05, 4.69) is 5.32 Å². The molecule has 1 aromatic carbocycles. The lowest BCUT2D eigenvalue weighted by atomic mass is 9.86. The van der Waals surface area contributed by atoms with E-state index in [-0.39, 0.29) is 24.2 Å². The second-order valence-electron chi connectivity index (χ2n) is 6.33. The summed E-state index contributed by atoms with van der Waals surface area (Å²) in [6.07, 6.45) is 0.486. The van der Waals surface area contributed by atoms with Crippen LogP contribution in [0.4, 0.5) is 5.69 Å². The van der Waals surface area contributed by atoms with Gasteiger partial charge in [0.05, 0.1) is 6.61 Å². The maximum Gasteiger partial charge on any atom is 0.305 e. The first-order valence-corrected chi connectivity index (χ1v) is 7.85. The van der Waals surface area contributed by atoms with E-state index >= 15 is 0 Å². The Kier molecular flexibility index (Phi) is 6.94. The van der Waals surface area contributed by atoms with Crippen LogP contribution in [0.1, 0.15) is 52.5 Å². The molecule has 0 aliphatic carbocycles. The Morgan fingerprint density at radius 2 is 1.74 bits per heavy atom. The van der Waals surface area contributed by atoms with E-state index in [0.717, 1.165) is 5.56 Å². The van der Waals surface area contributed by atoms with Gasteiger partial charge in [-0.15, -0.1) is 0 Å². The van der Waals surface area contributed by atoms with Gasteiger partial charge in [0, 0.05) is 18.5 Å². The van der Waals surface area contributed by atoms with Crippen molar-refractivity contribution in [1.82, 2.24) is 0 Å². The summed E-state index contributed by atoms with van der Waals surface area (Å²) >= 11 is 0. The first-order chi connectivity index (χ1) is 10.8. The molecule has 0 aliphatic heterocycles. The number of benzene rings is 1. The Balaban J connectivity index is 2.60. The van der Waals surface area contributed by atoms with Crippen LogP contribution in [-0.2, 0) is 24.5 Å². The zero-order valence-electron chi connectivity index (χ0n) is 14.3. The van der Waals surface area contributed by atoms with Crippen LogP contribution in [-0.4, -0.2) is 24.3 Å². The van der Waals surface area contributed by atoms with Crippen molar-refractivity contribution in [2.75, 3.05) is 11.9 Å². The average Bonchev–Trinajstić information content (AvgIpc) is 2.46. The molecule has 0 heterocycles. The van der Waals surface area contributed by atoms with Crippen LogP contribution in [0.25, 0.3) is 0 Å². The van der Waals surface area contributed by atoms with E-state index in [1.165, 1.54) is 0 Å². The third-order valence-corrected chi connectivity index (χ3v) is 3.33. The molecule has 23 heavy (non-hydrogen) atoms. The topological polar surface area (TPSA) is 72.5 Å². The first-order valence-electron chi connectivity index (χ1n) is 7.85. The van der Waals surface area contributed by atoms with E-state index in [9.17, 15) is 14.4 Å². The number of carbonyl (C=O) groups excluding carboxylic acids is 3. The molecule has 0 saturated carbocycles. The average molecular weight is 319 g/mol.